The second-order valence-electron chi connectivity index (χ2n) is 7.29. The fraction of sp³-hybridized carbons (Fsp3) is 0.160. The van der Waals surface area contributed by atoms with Crippen LogP contribution in [0.2, 0.25) is 0 Å². The predicted octanol–water partition coefficient (Wildman–Crippen LogP) is 5.65. The SMILES string of the molecule is COc1ccc([N+](=O)[O-])cc1-c1[nH]c(-c2ccc(OC)c(C)c2OC)nc1-c1ccccc1. The molecule has 0 radical (unpaired) electrons. The molecule has 0 saturated carbocycles. The van der Waals surface area contributed by atoms with Crippen LogP contribution in [0.5, 0.6) is 17.2 Å². The second kappa shape index (κ2) is 9.04. The summed E-state index contributed by atoms with van der Waals surface area (Å²) in [6, 6.07) is 17.8. The number of nitrogens with one attached hydrogen (secondary N) is 1. The van der Waals surface area contributed by atoms with E-state index in [0.29, 0.717) is 40.0 Å². The van der Waals surface area contributed by atoms with Gasteiger partial charge in [-0.05, 0) is 25.1 Å². The molecule has 168 valence electrons. The number of imidazole rings is 1. The van der Waals surface area contributed by atoms with Crippen molar-refractivity contribution in [1.82, 2.24) is 9.97 Å². The summed E-state index contributed by atoms with van der Waals surface area (Å²) in [4.78, 5) is 19.3. The number of non-ortho nitro benzene ring substituents is 1. The van der Waals surface area contributed by atoms with Gasteiger partial charge in [-0.1, -0.05) is 30.3 Å². The lowest BCUT2D eigenvalue weighted by Gasteiger charge is -2.13. The molecule has 33 heavy (non-hydrogen) atoms. The number of rotatable bonds is 7. The first kappa shape index (κ1) is 21.9. The summed E-state index contributed by atoms with van der Waals surface area (Å²) in [7, 11) is 4.73. The predicted molar refractivity (Wildman–Crippen MR) is 126 cm³/mol. The van der Waals surface area contributed by atoms with Gasteiger partial charge in [0.2, 0.25) is 0 Å². The molecule has 0 saturated heterocycles. The maximum Gasteiger partial charge on any atom is 0.270 e. The van der Waals surface area contributed by atoms with E-state index in [1.165, 1.54) is 19.2 Å². The van der Waals surface area contributed by atoms with Crippen molar-refractivity contribution in [3.05, 3.63) is 76.3 Å². The summed E-state index contributed by atoms with van der Waals surface area (Å²) in [6.45, 7) is 1.91. The van der Waals surface area contributed by atoms with Gasteiger partial charge in [0.15, 0.2) is 0 Å². The number of hydrogen-bond acceptors (Lipinski definition) is 6. The zero-order chi connectivity index (χ0) is 23.5. The third-order valence-corrected chi connectivity index (χ3v) is 5.45. The number of methoxy groups -OCH3 is 3. The normalized spacial score (nSPS) is 10.7. The average molecular weight is 445 g/mol. The molecule has 0 atom stereocenters. The van der Waals surface area contributed by atoms with Crippen LogP contribution in [0.1, 0.15) is 5.56 Å². The molecule has 1 aromatic heterocycles. The van der Waals surface area contributed by atoms with Crippen LogP contribution in [0.3, 0.4) is 0 Å². The van der Waals surface area contributed by atoms with Crippen molar-refractivity contribution < 1.29 is 19.1 Å². The van der Waals surface area contributed by atoms with Crippen molar-refractivity contribution in [3.8, 4) is 51.2 Å². The fourth-order valence-electron chi connectivity index (χ4n) is 3.85. The quantitative estimate of drug-likeness (QED) is 0.291. The Morgan fingerprint density at radius 2 is 1.58 bits per heavy atom. The van der Waals surface area contributed by atoms with Crippen molar-refractivity contribution in [1.29, 1.82) is 0 Å². The van der Waals surface area contributed by atoms with Gasteiger partial charge in [0, 0.05) is 28.8 Å². The molecule has 4 rings (SSSR count). The van der Waals surface area contributed by atoms with Gasteiger partial charge in [-0.3, -0.25) is 10.1 Å². The van der Waals surface area contributed by atoms with E-state index in [0.717, 1.165) is 16.7 Å². The molecule has 0 unspecified atom stereocenters. The van der Waals surface area contributed by atoms with Crippen LogP contribution in [-0.2, 0) is 0 Å². The number of H-pyrrole nitrogens is 1. The maximum absolute atomic E-state index is 11.5. The monoisotopic (exact) mass is 445 g/mol. The number of nitro benzene ring substituents is 1. The molecule has 1 N–H and O–H groups in total. The summed E-state index contributed by atoms with van der Waals surface area (Å²) in [5, 5.41) is 11.5. The molecule has 0 aliphatic rings. The van der Waals surface area contributed by atoms with Gasteiger partial charge in [0.25, 0.3) is 5.69 Å². The lowest BCUT2D eigenvalue weighted by molar-refractivity contribution is -0.384. The summed E-state index contributed by atoms with van der Waals surface area (Å²) in [6.07, 6.45) is 0. The molecule has 8 nitrogen and oxygen atoms in total. The van der Waals surface area contributed by atoms with Gasteiger partial charge in [-0.15, -0.1) is 0 Å². The Bertz CT molecular complexity index is 1320. The lowest BCUT2D eigenvalue weighted by atomic mass is 10.0. The molecule has 0 amide bonds. The standard InChI is InChI=1S/C25H23N3O5/c1-15-20(31-2)13-11-18(24(15)33-4)25-26-22(16-8-6-5-7-9-16)23(27-25)19-14-17(28(29)30)10-12-21(19)32-3/h5-14H,1-4H3,(H,26,27). The highest BCUT2D eigenvalue weighted by molar-refractivity contribution is 5.85. The van der Waals surface area contributed by atoms with Crippen molar-refractivity contribution in [2.75, 3.05) is 21.3 Å². The number of nitro groups is 1. The number of aromatic amines is 1. The topological polar surface area (TPSA) is 99.5 Å². The molecule has 8 heteroatoms. The molecular formula is C25H23N3O5. The minimum Gasteiger partial charge on any atom is -0.496 e. The van der Waals surface area contributed by atoms with E-state index in [9.17, 15) is 10.1 Å². The van der Waals surface area contributed by atoms with Crippen molar-refractivity contribution >= 4 is 5.69 Å². The number of ether oxygens (including phenoxy) is 3. The van der Waals surface area contributed by atoms with E-state index in [2.05, 4.69) is 4.98 Å². The van der Waals surface area contributed by atoms with Crippen LogP contribution in [0.25, 0.3) is 33.9 Å². The molecule has 4 aromatic rings. The van der Waals surface area contributed by atoms with Crippen LogP contribution in [0.15, 0.2) is 60.7 Å². The summed E-state index contributed by atoms with van der Waals surface area (Å²) in [5.41, 5.74) is 4.17. The highest BCUT2D eigenvalue weighted by Gasteiger charge is 2.23. The smallest absolute Gasteiger partial charge is 0.270 e. The highest BCUT2D eigenvalue weighted by Crippen LogP contribution is 2.42. The third kappa shape index (κ3) is 3.98. The van der Waals surface area contributed by atoms with E-state index in [-0.39, 0.29) is 5.69 Å². The van der Waals surface area contributed by atoms with E-state index in [4.69, 9.17) is 19.2 Å². The van der Waals surface area contributed by atoms with Crippen LogP contribution < -0.4 is 14.2 Å². The molecular weight excluding hydrogens is 422 g/mol. The number of benzene rings is 3. The van der Waals surface area contributed by atoms with Gasteiger partial charge in [-0.25, -0.2) is 4.98 Å². The molecule has 1 heterocycles. The van der Waals surface area contributed by atoms with Crippen LogP contribution in [0, 0.1) is 17.0 Å². The van der Waals surface area contributed by atoms with Crippen LogP contribution in [0.4, 0.5) is 5.69 Å². The van der Waals surface area contributed by atoms with Crippen LogP contribution >= 0.6 is 0 Å². The first-order chi connectivity index (χ1) is 16.0. The van der Waals surface area contributed by atoms with Gasteiger partial charge in [-0.2, -0.15) is 0 Å². The largest absolute Gasteiger partial charge is 0.496 e. The molecule has 0 fully saturated rings. The highest BCUT2D eigenvalue weighted by atomic mass is 16.6. The van der Waals surface area contributed by atoms with E-state index in [1.807, 2.05) is 49.4 Å². The first-order valence-corrected chi connectivity index (χ1v) is 10.2. The fourth-order valence-corrected chi connectivity index (χ4v) is 3.85. The van der Waals surface area contributed by atoms with Crippen LogP contribution in [-0.4, -0.2) is 36.2 Å². The zero-order valence-corrected chi connectivity index (χ0v) is 18.7. The number of nitrogens with zero attached hydrogens (tertiary/aromatic N) is 2. The molecule has 0 bridgehead atoms. The molecule has 3 aromatic carbocycles. The Hall–Kier alpha value is -4.33. The van der Waals surface area contributed by atoms with Gasteiger partial charge >= 0.3 is 0 Å². The van der Waals surface area contributed by atoms with E-state index < -0.39 is 4.92 Å². The van der Waals surface area contributed by atoms with Gasteiger partial charge in [0.05, 0.1) is 43.2 Å². The molecule has 0 aliphatic heterocycles. The zero-order valence-electron chi connectivity index (χ0n) is 18.7. The Kier molecular flexibility index (Phi) is 5.99. The first-order valence-electron chi connectivity index (χ1n) is 10.2. The minimum atomic E-state index is -0.432. The minimum absolute atomic E-state index is 0.0427. The molecule has 0 aliphatic carbocycles. The third-order valence-electron chi connectivity index (χ3n) is 5.45. The lowest BCUT2D eigenvalue weighted by Crippen LogP contribution is -1.96. The van der Waals surface area contributed by atoms with Crippen molar-refractivity contribution in [3.63, 3.8) is 0 Å². The summed E-state index contributed by atoms with van der Waals surface area (Å²) in [5.74, 6) is 2.37. The Balaban J connectivity index is 2.00. The van der Waals surface area contributed by atoms with Gasteiger partial charge in [0.1, 0.15) is 23.1 Å². The van der Waals surface area contributed by atoms with Crippen molar-refractivity contribution in [2.24, 2.45) is 0 Å². The average Bonchev–Trinajstić information content (AvgIpc) is 3.29. The molecule has 0 spiro atoms. The number of hydrogen-bond donors (Lipinski definition) is 1. The van der Waals surface area contributed by atoms with Crippen molar-refractivity contribution in [2.45, 2.75) is 6.92 Å². The maximum atomic E-state index is 11.5. The van der Waals surface area contributed by atoms with E-state index in [1.54, 1.807) is 20.3 Å². The Morgan fingerprint density at radius 1 is 0.879 bits per heavy atom. The Labute approximate surface area is 190 Å². The summed E-state index contributed by atoms with van der Waals surface area (Å²) >= 11 is 0. The summed E-state index contributed by atoms with van der Waals surface area (Å²) < 4.78 is 16.6. The number of aromatic nitrogens is 2. The van der Waals surface area contributed by atoms with Gasteiger partial charge < -0.3 is 19.2 Å². The van der Waals surface area contributed by atoms with E-state index >= 15 is 0 Å². The Morgan fingerprint density at radius 3 is 2.21 bits per heavy atom. The second-order valence-corrected chi connectivity index (χ2v) is 7.29.